The van der Waals surface area contributed by atoms with Gasteiger partial charge in [-0.05, 0) is 28.1 Å². The Morgan fingerprint density at radius 3 is 3.10 bits per heavy atom. The molecule has 7 heteroatoms. The van der Waals surface area contributed by atoms with Crippen molar-refractivity contribution < 1.29 is 9.53 Å². The minimum atomic E-state index is -0.0934. The van der Waals surface area contributed by atoms with E-state index in [1.165, 1.54) is 0 Å². The highest BCUT2D eigenvalue weighted by molar-refractivity contribution is 9.10. The first-order valence-electron chi connectivity index (χ1n) is 6.10. The molecule has 0 radical (unpaired) electrons. The van der Waals surface area contributed by atoms with E-state index in [2.05, 4.69) is 36.5 Å². The van der Waals surface area contributed by atoms with Gasteiger partial charge in [0, 0.05) is 30.5 Å². The third-order valence-electron chi connectivity index (χ3n) is 2.61. The summed E-state index contributed by atoms with van der Waals surface area (Å²) in [6.07, 6.45) is 3.38. The average molecular weight is 339 g/mol. The van der Waals surface area contributed by atoms with Crippen molar-refractivity contribution in [2.45, 2.75) is 0 Å². The van der Waals surface area contributed by atoms with Crippen molar-refractivity contribution >= 4 is 38.6 Å². The van der Waals surface area contributed by atoms with Gasteiger partial charge in [0.2, 0.25) is 5.91 Å². The maximum atomic E-state index is 11.6. The first-order valence-corrected chi connectivity index (χ1v) is 6.90. The Morgan fingerprint density at radius 1 is 1.45 bits per heavy atom. The number of pyridine rings is 2. The summed E-state index contributed by atoms with van der Waals surface area (Å²) in [6.45, 7) is 1.18. The molecule has 0 saturated carbocycles. The fraction of sp³-hybridized carbons (Fsp3) is 0.308. The lowest BCUT2D eigenvalue weighted by molar-refractivity contribution is -0.119. The summed E-state index contributed by atoms with van der Waals surface area (Å²) in [5.74, 6) is -0.0934. The summed E-state index contributed by atoms with van der Waals surface area (Å²) >= 11 is 3.36. The fourth-order valence-corrected chi connectivity index (χ4v) is 2.00. The summed E-state index contributed by atoms with van der Waals surface area (Å²) < 4.78 is 5.73. The quantitative estimate of drug-likeness (QED) is 0.782. The monoisotopic (exact) mass is 338 g/mol. The van der Waals surface area contributed by atoms with Crippen LogP contribution in [0.4, 0.5) is 5.69 Å². The highest BCUT2D eigenvalue weighted by atomic mass is 79.9. The van der Waals surface area contributed by atoms with Gasteiger partial charge >= 0.3 is 0 Å². The van der Waals surface area contributed by atoms with Crippen molar-refractivity contribution in [2.24, 2.45) is 0 Å². The van der Waals surface area contributed by atoms with Crippen molar-refractivity contribution in [3.8, 4) is 0 Å². The number of hydrogen-bond acceptors (Lipinski definition) is 5. The Balaban J connectivity index is 2.01. The second kappa shape index (κ2) is 7.16. The number of fused-ring (bicyclic) bond motifs is 1. The number of nitrogens with one attached hydrogen (secondary N) is 2. The van der Waals surface area contributed by atoms with Crippen molar-refractivity contribution in [3.63, 3.8) is 0 Å². The lowest BCUT2D eigenvalue weighted by Crippen LogP contribution is -2.32. The van der Waals surface area contributed by atoms with Crippen LogP contribution in [-0.4, -0.2) is 42.7 Å². The maximum Gasteiger partial charge on any atom is 0.239 e. The van der Waals surface area contributed by atoms with Crippen molar-refractivity contribution in [3.05, 3.63) is 29.0 Å². The summed E-state index contributed by atoms with van der Waals surface area (Å²) in [5.41, 5.74) is 2.29. The number of hydrogen-bond donors (Lipinski definition) is 2. The highest BCUT2D eigenvalue weighted by Gasteiger charge is 2.06. The summed E-state index contributed by atoms with van der Waals surface area (Å²) in [4.78, 5) is 20.2. The Hall–Kier alpha value is -1.73. The van der Waals surface area contributed by atoms with Crippen LogP contribution >= 0.6 is 15.9 Å². The highest BCUT2D eigenvalue weighted by Crippen LogP contribution is 2.21. The summed E-state index contributed by atoms with van der Waals surface area (Å²) in [5, 5.41) is 5.80. The van der Waals surface area contributed by atoms with Gasteiger partial charge < -0.3 is 15.4 Å². The number of carbonyl (C=O) groups excluding carboxylic acids is 1. The molecule has 0 aliphatic rings. The third-order valence-corrected chi connectivity index (χ3v) is 3.05. The molecule has 2 aromatic heterocycles. The third kappa shape index (κ3) is 3.88. The minimum absolute atomic E-state index is 0.0934. The van der Waals surface area contributed by atoms with Gasteiger partial charge in [0.15, 0.2) is 0 Å². The molecule has 1 amide bonds. The van der Waals surface area contributed by atoms with E-state index < -0.39 is 0 Å². The molecule has 0 aromatic carbocycles. The van der Waals surface area contributed by atoms with Crippen LogP contribution in [0.15, 0.2) is 29.0 Å². The number of methoxy groups -OCH3 is 1. The number of rotatable bonds is 6. The van der Waals surface area contributed by atoms with Gasteiger partial charge in [0.05, 0.1) is 24.4 Å². The molecular formula is C13H15BrN4O2. The van der Waals surface area contributed by atoms with E-state index >= 15 is 0 Å². The summed E-state index contributed by atoms with van der Waals surface area (Å²) in [6, 6.07) is 3.68. The standard InChI is InChI=1S/C13H15BrN4O2/c1-20-5-4-16-12(19)8-17-10-2-3-15-11-6-9(14)7-18-13(10)11/h2-3,6-7H,4-5,8H2,1H3,(H,15,17)(H,16,19). The molecule has 0 aliphatic heterocycles. The van der Waals surface area contributed by atoms with E-state index in [1.807, 2.05) is 6.07 Å². The zero-order chi connectivity index (χ0) is 14.4. The molecule has 20 heavy (non-hydrogen) atoms. The normalized spacial score (nSPS) is 10.5. The van der Waals surface area contributed by atoms with E-state index in [4.69, 9.17) is 4.74 Å². The second-order valence-corrected chi connectivity index (χ2v) is 4.99. The molecule has 0 aliphatic carbocycles. The average Bonchev–Trinajstić information content (AvgIpc) is 2.45. The molecule has 6 nitrogen and oxygen atoms in total. The van der Waals surface area contributed by atoms with Gasteiger partial charge in [-0.15, -0.1) is 0 Å². The van der Waals surface area contributed by atoms with Crippen molar-refractivity contribution in [1.82, 2.24) is 15.3 Å². The number of carbonyl (C=O) groups is 1. The molecule has 0 saturated heterocycles. The van der Waals surface area contributed by atoms with Crippen LogP contribution in [0.25, 0.3) is 11.0 Å². The van der Waals surface area contributed by atoms with Crippen molar-refractivity contribution in [1.29, 1.82) is 0 Å². The molecular weight excluding hydrogens is 324 g/mol. The SMILES string of the molecule is COCCNC(=O)CNc1ccnc2cc(Br)cnc12. The van der Waals surface area contributed by atoms with Gasteiger partial charge in [-0.2, -0.15) is 0 Å². The summed E-state index contributed by atoms with van der Waals surface area (Å²) in [7, 11) is 1.59. The topological polar surface area (TPSA) is 76.1 Å². The fourth-order valence-electron chi connectivity index (χ4n) is 1.68. The number of halogens is 1. The number of amides is 1. The molecule has 2 rings (SSSR count). The van der Waals surface area contributed by atoms with Gasteiger partial charge in [-0.3, -0.25) is 14.8 Å². The number of nitrogens with zero attached hydrogens (tertiary/aromatic N) is 2. The minimum Gasteiger partial charge on any atom is -0.383 e. The van der Waals surface area contributed by atoms with Gasteiger partial charge in [-0.1, -0.05) is 0 Å². The van der Waals surface area contributed by atoms with E-state index in [0.717, 1.165) is 21.2 Å². The van der Waals surface area contributed by atoms with Crippen molar-refractivity contribution in [2.75, 3.05) is 32.1 Å². The van der Waals surface area contributed by atoms with Crippen LogP contribution in [0.5, 0.6) is 0 Å². The van der Waals surface area contributed by atoms with Crippen LogP contribution in [-0.2, 0) is 9.53 Å². The van der Waals surface area contributed by atoms with Crippen LogP contribution in [0.2, 0.25) is 0 Å². The number of aromatic nitrogens is 2. The molecule has 106 valence electrons. The Labute approximate surface area is 125 Å². The molecule has 0 spiro atoms. The van der Waals surface area contributed by atoms with E-state index in [-0.39, 0.29) is 12.5 Å². The maximum absolute atomic E-state index is 11.6. The molecule has 2 N–H and O–H groups in total. The van der Waals surface area contributed by atoms with Gasteiger partial charge in [0.25, 0.3) is 0 Å². The Morgan fingerprint density at radius 2 is 2.30 bits per heavy atom. The predicted molar refractivity (Wildman–Crippen MR) is 80.6 cm³/mol. The Bertz CT molecular complexity index is 606. The second-order valence-electron chi connectivity index (χ2n) is 4.08. The Kier molecular flexibility index (Phi) is 5.25. The van der Waals surface area contributed by atoms with Crippen LogP contribution in [0.1, 0.15) is 0 Å². The molecule has 0 atom stereocenters. The van der Waals surface area contributed by atoms with E-state index in [1.54, 1.807) is 25.6 Å². The zero-order valence-electron chi connectivity index (χ0n) is 11.0. The smallest absolute Gasteiger partial charge is 0.239 e. The van der Waals surface area contributed by atoms with E-state index in [9.17, 15) is 4.79 Å². The number of ether oxygens (including phenoxy) is 1. The number of anilines is 1. The molecule has 2 aromatic rings. The lowest BCUT2D eigenvalue weighted by Gasteiger charge is -2.09. The predicted octanol–water partition coefficient (Wildman–Crippen LogP) is 1.57. The molecule has 0 unspecified atom stereocenters. The van der Waals surface area contributed by atoms with Gasteiger partial charge in [0.1, 0.15) is 5.52 Å². The zero-order valence-corrected chi connectivity index (χ0v) is 12.6. The van der Waals surface area contributed by atoms with E-state index in [0.29, 0.717) is 13.2 Å². The van der Waals surface area contributed by atoms with Crippen LogP contribution in [0, 0.1) is 0 Å². The first-order chi connectivity index (χ1) is 9.70. The molecule has 0 fully saturated rings. The van der Waals surface area contributed by atoms with Crippen LogP contribution < -0.4 is 10.6 Å². The molecule has 2 heterocycles. The lowest BCUT2D eigenvalue weighted by atomic mass is 10.3. The van der Waals surface area contributed by atoms with Crippen LogP contribution in [0.3, 0.4) is 0 Å². The van der Waals surface area contributed by atoms with Gasteiger partial charge in [-0.25, -0.2) is 0 Å². The largest absolute Gasteiger partial charge is 0.383 e. The first kappa shape index (κ1) is 14.7. The molecule has 0 bridgehead atoms.